The predicted molar refractivity (Wildman–Crippen MR) is 65.4 cm³/mol. The highest BCUT2D eigenvalue weighted by Gasteiger charge is 2.33. The molecule has 1 fully saturated rings. The Labute approximate surface area is 98.9 Å². The molecule has 0 heterocycles. The quantitative estimate of drug-likeness (QED) is 0.560. The van der Waals surface area contributed by atoms with Gasteiger partial charge in [-0.2, -0.15) is 0 Å². The topological polar surface area (TPSA) is 38.3 Å². The van der Waals surface area contributed by atoms with Crippen LogP contribution >= 0.6 is 0 Å². The van der Waals surface area contributed by atoms with Gasteiger partial charge < -0.3 is 10.1 Å². The fourth-order valence-electron chi connectivity index (χ4n) is 2.40. The number of nitrogens with one attached hydrogen (secondary N) is 1. The maximum Gasteiger partial charge on any atom is 0.307 e. The molecular formula is C13H25NO2. The zero-order valence-corrected chi connectivity index (χ0v) is 10.7. The monoisotopic (exact) mass is 227 g/mol. The molecule has 3 heteroatoms. The minimum atomic E-state index is -0.0373. The van der Waals surface area contributed by atoms with Crippen molar-refractivity contribution in [3.8, 4) is 0 Å². The van der Waals surface area contributed by atoms with Gasteiger partial charge in [0.2, 0.25) is 0 Å². The number of hydrogen-bond donors (Lipinski definition) is 1. The van der Waals surface area contributed by atoms with Crippen LogP contribution in [0.3, 0.4) is 0 Å². The van der Waals surface area contributed by atoms with E-state index in [1.54, 1.807) is 0 Å². The van der Waals surface area contributed by atoms with Crippen molar-refractivity contribution in [2.75, 3.05) is 13.7 Å². The van der Waals surface area contributed by atoms with Crippen LogP contribution < -0.4 is 5.32 Å². The number of ether oxygens (including phenoxy) is 1. The van der Waals surface area contributed by atoms with Gasteiger partial charge in [0.1, 0.15) is 0 Å². The Balaban J connectivity index is 2.33. The van der Waals surface area contributed by atoms with Crippen LogP contribution in [0.1, 0.15) is 58.3 Å². The highest BCUT2D eigenvalue weighted by Crippen LogP contribution is 2.30. The third-order valence-corrected chi connectivity index (χ3v) is 3.58. The molecule has 1 N–H and O–H groups in total. The lowest BCUT2D eigenvalue weighted by molar-refractivity contribution is -0.145. The van der Waals surface area contributed by atoms with Crippen molar-refractivity contribution >= 4 is 5.97 Å². The molecule has 94 valence electrons. The Morgan fingerprint density at radius 2 is 2.00 bits per heavy atom. The Hall–Kier alpha value is -0.570. The standard InChI is InChI=1S/C13H25NO2/c1-3-4-10-16-12(15)11-13(14-2)8-6-5-7-9-13/h14H,3-11H2,1-2H3. The van der Waals surface area contributed by atoms with Crippen LogP contribution in [0.15, 0.2) is 0 Å². The lowest BCUT2D eigenvalue weighted by atomic mass is 9.79. The van der Waals surface area contributed by atoms with Gasteiger partial charge in [0, 0.05) is 5.54 Å². The molecule has 0 aliphatic heterocycles. The van der Waals surface area contributed by atoms with E-state index in [0.29, 0.717) is 13.0 Å². The summed E-state index contributed by atoms with van der Waals surface area (Å²) in [7, 11) is 1.96. The van der Waals surface area contributed by atoms with E-state index in [1.165, 1.54) is 19.3 Å². The zero-order valence-electron chi connectivity index (χ0n) is 10.7. The molecule has 3 nitrogen and oxygen atoms in total. The first-order valence-electron chi connectivity index (χ1n) is 6.57. The number of rotatable bonds is 6. The third-order valence-electron chi connectivity index (χ3n) is 3.58. The maximum absolute atomic E-state index is 11.7. The van der Waals surface area contributed by atoms with Crippen molar-refractivity contribution in [3.63, 3.8) is 0 Å². The van der Waals surface area contributed by atoms with Gasteiger partial charge in [0.25, 0.3) is 0 Å². The third kappa shape index (κ3) is 4.12. The summed E-state index contributed by atoms with van der Waals surface area (Å²) in [6, 6.07) is 0. The molecule has 0 amide bonds. The Bertz CT molecular complexity index is 210. The van der Waals surface area contributed by atoms with E-state index in [0.717, 1.165) is 25.7 Å². The molecule has 0 aromatic heterocycles. The van der Waals surface area contributed by atoms with E-state index in [9.17, 15) is 4.79 Å². The normalized spacial score (nSPS) is 19.4. The van der Waals surface area contributed by atoms with Crippen LogP contribution in [-0.2, 0) is 9.53 Å². The second kappa shape index (κ2) is 6.89. The van der Waals surface area contributed by atoms with Crippen LogP contribution in [0.25, 0.3) is 0 Å². The van der Waals surface area contributed by atoms with Crippen LogP contribution in [0, 0.1) is 0 Å². The molecule has 0 bridgehead atoms. The number of unbranched alkanes of at least 4 members (excludes halogenated alkanes) is 1. The fraction of sp³-hybridized carbons (Fsp3) is 0.923. The second-order valence-corrected chi connectivity index (χ2v) is 4.84. The summed E-state index contributed by atoms with van der Waals surface area (Å²) in [6.07, 6.45) is 8.54. The second-order valence-electron chi connectivity index (χ2n) is 4.84. The van der Waals surface area contributed by atoms with Gasteiger partial charge >= 0.3 is 5.97 Å². The summed E-state index contributed by atoms with van der Waals surface area (Å²) in [6.45, 7) is 2.68. The molecule has 1 aliphatic rings. The van der Waals surface area contributed by atoms with Gasteiger partial charge in [-0.25, -0.2) is 0 Å². The van der Waals surface area contributed by atoms with Crippen molar-refractivity contribution in [3.05, 3.63) is 0 Å². The minimum Gasteiger partial charge on any atom is -0.466 e. The molecular weight excluding hydrogens is 202 g/mol. The lowest BCUT2D eigenvalue weighted by Gasteiger charge is -2.36. The van der Waals surface area contributed by atoms with Crippen molar-refractivity contribution in [1.82, 2.24) is 5.32 Å². The van der Waals surface area contributed by atoms with E-state index in [2.05, 4.69) is 12.2 Å². The fourth-order valence-corrected chi connectivity index (χ4v) is 2.40. The molecule has 16 heavy (non-hydrogen) atoms. The van der Waals surface area contributed by atoms with E-state index in [-0.39, 0.29) is 11.5 Å². The molecule has 0 aromatic carbocycles. The van der Waals surface area contributed by atoms with Crippen LogP contribution in [0.4, 0.5) is 0 Å². The van der Waals surface area contributed by atoms with E-state index in [4.69, 9.17) is 4.74 Å². The molecule has 0 spiro atoms. The summed E-state index contributed by atoms with van der Waals surface area (Å²) < 4.78 is 5.23. The number of esters is 1. The molecule has 1 aliphatic carbocycles. The minimum absolute atomic E-state index is 0.0154. The first kappa shape index (κ1) is 13.5. The molecule has 0 atom stereocenters. The summed E-state index contributed by atoms with van der Waals surface area (Å²) in [5.74, 6) is -0.0373. The first-order valence-corrected chi connectivity index (χ1v) is 6.57. The highest BCUT2D eigenvalue weighted by atomic mass is 16.5. The van der Waals surface area contributed by atoms with Crippen molar-refractivity contribution in [2.45, 2.75) is 63.8 Å². The largest absolute Gasteiger partial charge is 0.466 e. The van der Waals surface area contributed by atoms with Gasteiger partial charge in [-0.1, -0.05) is 32.6 Å². The number of hydrogen-bond acceptors (Lipinski definition) is 3. The van der Waals surface area contributed by atoms with Gasteiger partial charge in [-0.05, 0) is 26.3 Å². The van der Waals surface area contributed by atoms with Gasteiger partial charge in [-0.15, -0.1) is 0 Å². The summed E-state index contributed by atoms with van der Waals surface area (Å²) >= 11 is 0. The van der Waals surface area contributed by atoms with E-state index < -0.39 is 0 Å². The molecule has 0 radical (unpaired) electrons. The smallest absolute Gasteiger partial charge is 0.307 e. The predicted octanol–water partition coefficient (Wildman–Crippen LogP) is 2.64. The molecule has 0 unspecified atom stereocenters. The summed E-state index contributed by atoms with van der Waals surface area (Å²) in [5, 5.41) is 3.34. The van der Waals surface area contributed by atoms with Gasteiger partial charge in [0.15, 0.2) is 0 Å². The average Bonchev–Trinajstić information content (AvgIpc) is 2.30. The summed E-state index contributed by atoms with van der Waals surface area (Å²) in [4.78, 5) is 11.7. The molecule has 0 aromatic rings. The van der Waals surface area contributed by atoms with Crippen LogP contribution in [0.5, 0.6) is 0 Å². The lowest BCUT2D eigenvalue weighted by Crippen LogP contribution is -2.46. The van der Waals surface area contributed by atoms with Crippen LogP contribution in [-0.4, -0.2) is 25.2 Å². The molecule has 0 saturated heterocycles. The van der Waals surface area contributed by atoms with Crippen molar-refractivity contribution in [1.29, 1.82) is 0 Å². The molecule has 1 rings (SSSR count). The van der Waals surface area contributed by atoms with E-state index in [1.807, 2.05) is 7.05 Å². The summed E-state index contributed by atoms with van der Waals surface area (Å²) in [5.41, 5.74) is 0.0154. The SMILES string of the molecule is CCCCOC(=O)CC1(NC)CCCCC1. The molecule has 1 saturated carbocycles. The van der Waals surface area contributed by atoms with Gasteiger partial charge in [0.05, 0.1) is 13.0 Å². The van der Waals surface area contributed by atoms with E-state index >= 15 is 0 Å². The Morgan fingerprint density at radius 1 is 1.31 bits per heavy atom. The van der Waals surface area contributed by atoms with Crippen molar-refractivity contribution in [2.24, 2.45) is 0 Å². The first-order chi connectivity index (χ1) is 7.72. The van der Waals surface area contributed by atoms with Crippen LogP contribution in [0.2, 0.25) is 0 Å². The van der Waals surface area contributed by atoms with Gasteiger partial charge in [-0.3, -0.25) is 4.79 Å². The number of carbonyl (C=O) groups excluding carboxylic acids is 1. The number of carbonyl (C=O) groups is 1. The zero-order chi connectivity index (χ0) is 11.9. The van der Waals surface area contributed by atoms with Crippen molar-refractivity contribution < 1.29 is 9.53 Å². The Kier molecular flexibility index (Phi) is 5.81. The Morgan fingerprint density at radius 3 is 2.56 bits per heavy atom. The maximum atomic E-state index is 11.7. The average molecular weight is 227 g/mol. The highest BCUT2D eigenvalue weighted by molar-refractivity contribution is 5.71.